The number of ether oxygens (including phenoxy) is 1. The summed E-state index contributed by atoms with van der Waals surface area (Å²) in [5.41, 5.74) is 1.47. The number of halogens is 4. The molecule has 0 aromatic heterocycles. The number of esters is 1. The van der Waals surface area contributed by atoms with Crippen molar-refractivity contribution in [3.63, 3.8) is 0 Å². The maximum atomic E-state index is 12.6. The van der Waals surface area contributed by atoms with Gasteiger partial charge in [-0.3, -0.25) is 0 Å². The largest absolute Gasteiger partial charge is 0.462 e. The van der Waals surface area contributed by atoms with Crippen LogP contribution in [0.4, 0.5) is 18.9 Å². The van der Waals surface area contributed by atoms with Gasteiger partial charge in [0.15, 0.2) is 0 Å². The highest BCUT2D eigenvalue weighted by atomic mass is 35.5. The minimum absolute atomic E-state index is 0.0441. The summed E-state index contributed by atoms with van der Waals surface area (Å²) in [6.45, 7) is 4.58. The molecule has 0 saturated carbocycles. The first kappa shape index (κ1) is 22.7. The summed E-state index contributed by atoms with van der Waals surface area (Å²) in [7, 11) is 1.88. The Labute approximate surface area is 173 Å². The maximum Gasteiger partial charge on any atom is 0.416 e. The number of hydrogen-bond donors (Lipinski definition) is 0. The fourth-order valence-electron chi connectivity index (χ4n) is 2.43. The zero-order chi connectivity index (χ0) is 21.6. The predicted octanol–water partition coefficient (Wildman–Crippen LogP) is 5.68. The number of benzene rings is 2. The lowest BCUT2D eigenvalue weighted by Crippen LogP contribution is -2.14. The van der Waals surface area contributed by atoms with E-state index in [0.717, 1.165) is 18.7 Å². The van der Waals surface area contributed by atoms with Gasteiger partial charge in [0.1, 0.15) is 0 Å². The fraction of sp³-hybridized carbons (Fsp3) is 0.333. The molecular weight excluding hydrogens is 405 g/mol. The third-order valence-electron chi connectivity index (χ3n) is 4.31. The normalized spacial score (nSPS) is 11.7. The molecule has 0 bridgehead atoms. The monoisotopic (exact) mass is 426 g/mol. The molecule has 0 amide bonds. The van der Waals surface area contributed by atoms with Crippen LogP contribution in [-0.4, -0.2) is 37.4 Å². The summed E-state index contributed by atoms with van der Waals surface area (Å²) in [5, 5.41) is 0.325. The van der Waals surface area contributed by atoms with E-state index >= 15 is 0 Å². The van der Waals surface area contributed by atoms with Gasteiger partial charge in [0.2, 0.25) is 0 Å². The molecule has 156 valence electrons. The third-order valence-corrected chi connectivity index (χ3v) is 4.61. The van der Waals surface area contributed by atoms with Gasteiger partial charge in [-0.2, -0.15) is 13.2 Å². The Morgan fingerprint density at radius 3 is 2.48 bits per heavy atom. The summed E-state index contributed by atoms with van der Waals surface area (Å²) in [6, 6.07) is 7.98. The first-order valence-electron chi connectivity index (χ1n) is 8.99. The molecule has 0 spiro atoms. The lowest BCUT2D eigenvalue weighted by atomic mass is 10.1. The molecule has 4 nitrogen and oxygen atoms in total. The van der Waals surface area contributed by atoms with Crippen LogP contribution < -0.4 is 0 Å². The van der Waals surface area contributed by atoms with Crippen LogP contribution in [0.2, 0.25) is 5.02 Å². The molecule has 0 N–H and O–H groups in total. The van der Waals surface area contributed by atoms with Crippen molar-refractivity contribution in [1.82, 2.24) is 4.90 Å². The smallest absolute Gasteiger partial charge is 0.416 e. The van der Waals surface area contributed by atoms with Crippen molar-refractivity contribution in [3.8, 4) is 0 Å². The van der Waals surface area contributed by atoms with Crippen LogP contribution in [0.3, 0.4) is 0 Å². The second-order valence-electron chi connectivity index (χ2n) is 6.52. The van der Waals surface area contributed by atoms with Crippen molar-refractivity contribution >= 4 is 29.6 Å². The average Bonchev–Trinajstić information content (AvgIpc) is 2.67. The first-order chi connectivity index (χ1) is 13.6. The Kier molecular flexibility index (Phi) is 7.67. The molecule has 0 fully saturated rings. The average molecular weight is 427 g/mol. The van der Waals surface area contributed by atoms with Gasteiger partial charge in [-0.1, -0.05) is 23.7 Å². The third kappa shape index (κ3) is 6.49. The van der Waals surface area contributed by atoms with Crippen LogP contribution in [0.25, 0.3) is 0 Å². The summed E-state index contributed by atoms with van der Waals surface area (Å²) >= 11 is 6.22. The van der Waals surface area contributed by atoms with Crippen LogP contribution in [-0.2, 0) is 17.3 Å². The number of aliphatic imine (C=N–C) groups is 1. The van der Waals surface area contributed by atoms with Gasteiger partial charge >= 0.3 is 12.1 Å². The molecular formula is C21H22ClF3N2O2. The molecule has 0 unspecified atom stereocenters. The Balaban J connectivity index is 1.98. The number of alkyl halides is 3. The molecule has 29 heavy (non-hydrogen) atoms. The van der Waals surface area contributed by atoms with Crippen molar-refractivity contribution in [2.75, 3.05) is 20.2 Å². The van der Waals surface area contributed by atoms with Crippen LogP contribution in [0, 0.1) is 6.92 Å². The van der Waals surface area contributed by atoms with Gasteiger partial charge in [0, 0.05) is 20.0 Å². The van der Waals surface area contributed by atoms with Crippen LogP contribution >= 0.6 is 11.6 Å². The van der Waals surface area contributed by atoms with Gasteiger partial charge < -0.3 is 9.64 Å². The Hall–Kier alpha value is -2.54. The van der Waals surface area contributed by atoms with Gasteiger partial charge in [-0.05, 0) is 49.2 Å². The zero-order valence-corrected chi connectivity index (χ0v) is 17.1. The van der Waals surface area contributed by atoms with E-state index in [1.807, 2.05) is 18.9 Å². The number of aryl methyl sites for hydroxylation is 1. The predicted molar refractivity (Wildman–Crippen MR) is 108 cm³/mol. The Morgan fingerprint density at radius 2 is 1.90 bits per heavy atom. The summed E-state index contributed by atoms with van der Waals surface area (Å²) in [4.78, 5) is 18.5. The summed E-state index contributed by atoms with van der Waals surface area (Å²) < 4.78 is 43.0. The lowest BCUT2D eigenvalue weighted by molar-refractivity contribution is -0.137. The minimum atomic E-state index is -4.37. The Bertz CT molecular complexity index is 881. The van der Waals surface area contributed by atoms with Gasteiger partial charge in [-0.25, -0.2) is 9.79 Å². The van der Waals surface area contributed by atoms with Crippen LogP contribution in [0.15, 0.2) is 41.4 Å². The molecule has 2 aromatic rings. The quantitative estimate of drug-likeness (QED) is 0.325. The topological polar surface area (TPSA) is 41.9 Å². The van der Waals surface area contributed by atoms with Gasteiger partial charge in [-0.15, -0.1) is 0 Å². The number of nitrogens with zero attached hydrogens (tertiary/aromatic N) is 2. The highest BCUT2D eigenvalue weighted by Crippen LogP contribution is 2.30. The van der Waals surface area contributed by atoms with Crippen molar-refractivity contribution in [1.29, 1.82) is 0 Å². The van der Waals surface area contributed by atoms with Crippen LogP contribution in [0.5, 0.6) is 0 Å². The Morgan fingerprint density at radius 1 is 1.24 bits per heavy atom. The van der Waals surface area contributed by atoms with Crippen LogP contribution in [0.1, 0.15) is 34.0 Å². The molecule has 0 heterocycles. The maximum absolute atomic E-state index is 12.6. The van der Waals surface area contributed by atoms with Crippen molar-refractivity contribution in [2.24, 2.45) is 4.99 Å². The summed E-state index contributed by atoms with van der Waals surface area (Å²) in [6.07, 6.45) is -2.41. The molecule has 0 aliphatic heterocycles. The zero-order valence-electron chi connectivity index (χ0n) is 16.4. The highest BCUT2D eigenvalue weighted by molar-refractivity contribution is 6.33. The second-order valence-corrected chi connectivity index (χ2v) is 6.92. The first-order valence-corrected chi connectivity index (χ1v) is 9.37. The fourth-order valence-corrected chi connectivity index (χ4v) is 2.64. The number of rotatable bonds is 7. The molecule has 2 rings (SSSR count). The number of carbonyl (C=O) groups excluding carboxylic acids is 1. The van der Waals surface area contributed by atoms with E-state index in [4.69, 9.17) is 16.3 Å². The van der Waals surface area contributed by atoms with Crippen molar-refractivity contribution < 1.29 is 22.7 Å². The van der Waals surface area contributed by atoms with Crippen molar-refractivity contribution in [3.05, 3.63) is 63.7 Å². The minimum Gasteiger partial charge on any atom is -0.462 e. The molecule has 0 aliphatic rings. The van der Waals surface area contributed by atoms with E-state index in [9.17, 15) is 18.0 Å². The number of carbonyl (C=O) groups is 1. The SMILES string of the molecule is CCN(C)/C=N/c1cc(C)c(C(=O)OCCc2ccc(C(F)(F)F)cc2)cc1Cl. The van der Waals surface area contributed by atoms with E-state index in [1.54, 1.807) is 19.3 Å². The van der Waals surface area contributed by atoms with Crippen molar-refractivity contribution in [2.45, 2.75) is 26.4 Å². The molecule has 2 aromatic carbocycles. The molecule has 0 saturated heterocycles. The molecule has 0 radical (unpaired) electrons. The molecule has 0 atom stereocenters. The van der Waals surface area contributed by atoms with Gasteiger partial charge in [0.25, 0.3) is 0 Å². The van der Waals surface area contributed by atoms with Gasteiger partial charge in [0.05, 0.1) is 34.8 Å². The van der Waals surface area contributed by atoms with E-state index in [-0.39, 0.29) is 6.61 Å². The lowest BCUT2D eigenvalue weighted by Gasteiger charge is -2.11. The number of hydrogen-bond acceptors (Lipinski definition) is 3. The standard InChI is InChI=1S/C21H22ClF3N2O2/c1-4-27(3)13-26-19-11-14(2)17(12-18(19)22)20(28)29-10-9-15-5-7-16(8-6-15)21(23,24)25/h5-8,11-13H,4,9-10H2,1-3H3/b26-13+. The van der Waals surface area contributed by atoms with E-state index in [0.29, 0.717) is 33.8 Å². The van der Waals surface area contributed by atoms with E-state index < -0.39 is 17.7 Å². The second kappa shape index (κ2) is 9.78. The summed E-state index contributed by atoms with van der Waals surface area (Å²) in [5.74, 6) is -0.544. The van der Waals surface area contributed by atoms with E-state index in [2.05, 4.69) is 4.99 Å². The molecule has 0 aliphatic carbocycles. The van der Waals surface area contributed by atoms with E-state index in [1.165, 1.54) is 18.2 Å². The molecule has 8 heteroatoms. The highest BCUT2D eigenvalue weighted by Gasteiger charge is 2.29.